The van der Waals surface area contributed by atoms with E-state index in [-0.39, 0.29) is 29.0 Å². The number of benzene rings is 2. The Morgan fingerprint density at radius 3 is 2.36 bits per heavy atom. The zero-order chi connectivity index (χ0) is 24.0. The second-order valence-electron chi connectivity index (χ2n) is 7.77. The van der Waals surface area contributed by atoms with Crippen molar-refractivity contribution in [1.82, 2.24) is 0 Å². The number of hydrogen-bond donors (Lipinski definition) is 8. The van der Waals surface area contributed by atoms with Crippen LogP contribution in [0, 0.1) is 0 Å². The SMILES string of the molecule is O=C1C[C@@H](c2cc(O)c(O)c(O[C@@H]3O[C@H](CO)[C@H](O)[C@H](O)[C@H]3O)c2)Oc2cc(O)cc(O)c21. The highest BCUT2D eigenvalue weighted by Gasteiger charge is 2.45. The lowest BCUT2D eigenvalue weighted by Gasteiger charge is -2.39. The predicted molar refractivity (Wildman–Crippen MR) is 106 cm³/mol. The Bertz CT molecular complexity index is 1070. The third-order valence-corrected chi connectivity index (χ3v) is 5.53. The molecule has 4 rings (SSSR count). The van der Waals surface area contributed by atoms with E-state index in [0.29, 0.717) is 0 Å². The molecule has 1 fully saturated rings. The summed E-state index contributed by atoms with van der Waals surface area (Å²) in [5.74, 6) is -3.18. The molecular weight excluding hydrogens is 444 g/mol. The molecule has 0 aromatic heterocycles. The summed E-state index contributed by atoms with van der Waals surface area (Å²) in [6.45, 7) is -0.695. The fraction of sp³-hybridized carbons (Fsp3) is 0.381. The maximum Gasteiger partial charge on any atom is 0.229 e. The van der Waals surface area contributed by atoms with Gasteiger partial charge in [-0.15, -0.1) is 0 Å². The van der Waals surface area contributed by atoms with Crippen molar-refractivity contribution in [3.63, 3.8) is 0 Å². The first kappa shape index (κ1) is 22.9. The van der Waals surface area contributed by atoms with E-state index in [1.807, 2.05) is 0 Å². The van der Waals surface area contributed by atoms with Crippen LogP contribution in [0.25, 0.3) is 0 Å². The summed E-state index contributed by atoms with van der Waals surface area (Å²) in [5.41, 5.74) is 0.0524. The van der Waals surface area contributed by atoms with Gasteiger partial charge in [-0.05, 0) is 12.1 Å². The van der Waals surface area contributed by atoms with Crippen molar-refractivity contribution in [3.05, 3.63) is 35.4 Å². The van der Waals surface area contributed by atoms with Gasteiger partial charge in [0.05, 0.1) is 13.0 Å². The van der Waals surface area contributed by atoms with Crippen LogP contribution in [-0.4, -0.2) is 83.9 Å². The van der Waals surface area contributed by atoms with Gasteiger partial charge in [0, 0.05) is 17.7 Å². The molecule has 2 aromatic rings. The van der Waals surface area contributed by atoms with Crippen LogP contribution in [0.3, 0.4) is 0 Å². The summed E-state index contributed by atoms with van der Waals surface area (Å²) < 4.78 is 16.4. The largest absolute Gasteiger partial charge is 0.508 e. The summed E-state index contributed by atoms with van der Waals surface area (Å²) >= 11 is 0. The predicted octanol–water partition coefficient (Wildman–Crippen LogP) is -0.606. The highest BCUT2D eigenvalue weighted by Crippen LogP contribution is 2.45. The molecule has 2 heterocycles. The van der Waals surface area contributed by atoms with Gasteiger partial charge in [-0.25, -0.2) is 0 Å². The number of hydrogen-bond acceptors (Lipinski definition) is 12. The molecule has 2 aromatic carbocycles. The first-order chi connectivity index (χ1) is 15.6. The average Bonchev–Trinajstić information content (AvgIpc) is 2.76. The third kappa shape index (κ3) is 4.10. The smallest absolute Gasteiger partial charge is 0.229 e. The van der Waals surface area contributed by atoms with Crippen molar-refractivity contribution < 1.29 is 59.9 Å². The molecule has 0 radical (unpaired) electrons. The van der Waals surface area contributed by atoms with Gasteiger partial charge in [-0.1, -0.05) is 0 Å². The van der Waals surface area contributed by atoms with Gasteiger partial charge >= 0.3 is 0 Å². The quantitative estimate of drug-likeness (QED) is 0.266. The molecule has 2 aliphatic rings. The van der Waals surface area contributed by atoms with Gasteiger partial charge in [-0.2, -0.15) is 0 Å². The minimum atomic E-state index is -1.77. The van der Waals surface area contributed by atoms with E-state index < -0.39 is 72.2 Å². The van der Waals surface area contributed by atoms with Crippen molar-refractivity contribution in [2.24, 2.45) is 0 Å². The van der Waals surface area contributed by atoms with E-state index >= 15 is 0 Å². The van der Waals surface area contributed by atoms with Crippen LogP contribution in [0.4, 0.5) is 0 Å². The fourth-order valence-electron chi connectivity index (χ4n) is 3.79. The van der Waals surface area contributed by atoms with Crippen molar-refractivity contribution in [2.45, 2.75) is 43.2 Å². The molecule has 12 heteroatoms. The van der Waals surface area contributed by atoms with E-state index in [0.717, 1.165) is 18.2 Å². The van der Waals surface area contributed by atoms with E-state index in [1.165, 1.54) is 6.07 Å². The van der Waals surface area contributed by atoms with E-state index in [4.69, 9.17) is 14.2 Å². The molecule has 0 amide bonds. The minimum absolute atomic E-state index is 0.0854. The number of aliphatic hydroxyl groups excluding tert-OH is 4. The molecule has 8 N–H and O–H groups in total. The molecule has 0 spiro atoms. The Kier molecular flexibility index (Phi) is 5.95. The zero-order valence-electron chi connectivity index (χ0n) is 16.9. The van der Waals surface area contributed by atoms with Crippen LogP contribution in [0.5, 0.6) is 34.5 Å². The Morgan fingerprint density at radius 2 is 1.67 bits per heavy atom. The van der Waals surface area contributed by atoms with Crippen molar-refractivity contribution in [1.29, 1.82) is 0 Å². The average molecular weight is 466 g/mol. The maximum atomic E-state index is 12.5. The molecule has 2 aliphatic heterocycles. The summed E-state index contributed by atoms with van der Waals surface area (Å²) in [7, 11) is 0. The monoisotopic (exact) mass is 466 g/mol. The summed E-state index contributed by atoms with van der Waals surface area (Å²) in [6.07, 6.45) is -9.26. The molecule has 12 nitrogen and oxygen atoms in total. The van der Waals surface area contributed by atoms with Crippen LogP contribution in [0.1, 0.15) is 28.4 Å². The number of phenolic OH excluding ortho intramolecular Hbond substituents is 4. The number of phenols is 4. The summed E-state index contributed by atoms with van der Waals surface area (Å²) in [5, 5.41) is 79.2. The summed E-state index contributed by atoms with van der Waals surface area (Å²) in [6, 6.07) is 4.45. The maximum absolute atomic E-state index is 12.5. The molecule has 1 saturated heterocycles. The molecule has 178 valence electrons. The van der Waals surface area contributed by atoms with E-state index in [9.17, 15) is 45.6 Å². The summed E-state index contributed by atoms with van der Waals surface area (Å²) in [4.78, 5) is 12.5. The van der Waals surface area contributed by atoms with Gasteiger partial charge < -0.3 is 55.1 Å². The molecule has 6 atom stereocenters. The number of carbonyl (C=O) groups is 1. The van der Waals surface area contributed by atoms with Gasteiger partial charge in [0.2, 0.25) is 12.0 Å². The molecule has 0 unspecified atom stereocenters. The highest BCUT2D eigenvalue weighted by atomic mass is 16.7. The normalized spacial score (nSPS) is 29.3. The lowest BCUT2D eigenvalue weighted by Crippen LogP contribution is -2.60. The van der Waals surface area contributed by atoms with Gasteiger partial charge in [0.1, 0.15) is 53.3 Å². The number of fused-ring (bicyclic) bond motifs is 1. The number of ketones is 1. The first-order valence-corrected chi connectivity index (χ1v) is 9.89. The van der Waals surface area contributed by atoms with Crippen LogP contribution < -0.4 is 9.47 Å². The second-order valence-corrected chi connectivity index (χ2v) is 7.77. The standard InChI is InChI=1S/C21H22O12/c22-6-15-18(28)19(29)20(30)21(33-15)32-14-2-7(1-11(26)17(14)27)12-5-10(25)16-9(24)3-8(23)4-13(16)31-12/h1-4,12,15,18-24,26-30H,5-6H2/t12-,15+,18-,19-,20+,21+/m0/s1. The van der Waals surface area contributed by atoms with E-state index in [2.05, 4.69) is 0 Å². The number of aromatic hydroxyl groups is 4. The molecular formula is C21H22O12. The second kappa shape index (κ2) is 8.57. The topological polar surface area (TPSA) is 207 Å². The van der Waals surface area contributed by atoms with Crippen LogP contribution in [-0.2, 0) is 4.74 Å². The first-order valence-electron chi connectivity index (χ1n) is 9.89. The Hall–Kier alpha value is -3.29. The van der Waals surface area contributed by atoms with Gasteiger partial charge in [-0.3, -0.25) is 4.79 Å². The minimum Gasteiger partial charge on any atom is -0.508 e. The number of carbonyl (C=O) groups excluding carboxylic acids is 1. The van der Waals surface area contributed by atoms with Crippen molar-refractivity contribution in [3.8, 4) is 34.5 Å². The Morgan fingerprint density at radius 1 is 0.939 bits per heavy atom. The highest BCUT2D eigenvalue weighted by molar-refractivity contribution is 6.02. The lowest BCUT2D eigenvalue weighted by atomic mass is 9.95. The lowest BCUT2D eigenvalue weighted by molar-refractivity contribution is -0.277. The Labute approximate surface area is 186 Å². The van der Waals surface area contributed by atoms with Crippen molar-refractivity contribution in [2.75, 3.05) is 6.61 Å². The Balaban J connectivity index is 1.64. The van der Waals surface area contributed by atoms with E-state index in [1.54, 1.807) is 0 Å². The van der Waals surface area contributed by atoms with Gasteiger partial charge in [0.25, 0.3) is 0 Å². The number of aliphatic hydroxyl groups is 4. The number of rotatable bonds is 4. The van der Waals surface area contributed by atoms with Crippen LogP contribution >= 0.6 is 0 Å². The van der Waals surface area contributed by atoms with Crippen molar-refractivity contribution >= 4 is 5.78 Å². The molecule has 0 saturated carbocycles. The fourth-order valence-corrected chi connectivity index (χ4v) is 3.79. The number of ether oxygens (including phenoxy) is 3. The zero-order valence-corrected chi connectivity index (χ0v) is 16.9. The molecule has 0 bridgehead atoms. The number of Topliss-reactive ketones (excluding diaryl/α,β-unsaturated/α-hetero) is 1. The van der Waals surface area contributed by atoms with Crippen LogP contribution in [0.15, 0.2) is 24.3 Å². The molecule has 33 heavy (non-hydrogen) atoms. The third-order valence-electron chi connectivity index (χ3n) is 5.53. The molecule has 0 aliphatic carbocycles. The van der Waals surface area contributed by atoms with Gasteiger partial charge in [0.15, 0.2) is 17.3 Å². The van der Waals surface area contributed by atoms with Crippen LogP contribution in [0.2, 0.25) is 0 Å².